The number of para-hydroxylation sites is 1. The van der Waals surface area contributed by atoms with E-state index < -0.39 is 5.97 Å². The first-order chi connectivity index (χ1) is 10.0. The fraction of sp³-hybridized carbons (Fsp3) is 0.188. The molecule has 0 unspecified atom stereocenters. The summed E-state index contributed by atoms with van der Waals surface area (Å²) in [6.07, 6.45) is 0. The van der Waals surface area contributed by atoms with Gasteiger partial charge in [-0.2, -0.15) is 0 Å². The van der Waals surface area contributed by atoms with E-state index in [0.29, 0.717) is 23.7 Å². The average molecular weight is 350 g/mol. The lowest BCUT2D eigenvalue weighted by Crippen LogP contribution is -2.08. The molecule has 0 saturated carbocycles. The van der Waals surface area contributed by atoms with Gasteiger partial charge in [-0.25, -0.2) is 4.79 Å². The molecule has 0 bridgehead atoms. The highest BCUT2D eigenvalue weighted by atomic mass is 79.9. The molecule has 2 aromatic rings. The van der Waals surface area contributed by atoms with Crippen molar-refractivity contribution < 1.29 is 14.3 Å². The Kier molecular flexibility index (Phi) is 4.85. The van der Waals surface area contributed by atoms with Crippen LogP contribution in [0.15, 0.2) is 40.9 Å². The number of halogens is 1. The van der Waals surface area contributed by atoms with Gasteiger partial charge in [0.1, 0.15) is 5.75 Å². The Morgan fingerprint density at radius 2 is 2.00 bits per heavy atom. The first kappa shape index (κ1) is 15.4. The van der Waals surface area contributed by atoms with Crippen molar-refractivity contribution in [3.05, 3.63) is 52.0 Å². The van der Waals surface area contributed by atoms with E-state index in [2.05, 4.69) is 15.9 Å². The molecule has 2 N–H and O–H groups in total. The first-order valence-corrected chi connectivity index (χ1v) is 7.31. The maximum absolute atomic E-state index is 11.8. The van der Waals surface area contributed by atoms with Crippen LogP contribution in [0.4, 0.5) is 5.69 Å². The van der Waals surface area contributed by atoms with Gasteiger partial charge in [0.2, 0.25) is 0 Å². The summed E-state index contributed by atoms with van der Waals surface area (Å²) in [5, 5.41) is 0. The molecule has 0 fully saturated rings. The zero-order chi connectivity index (χ0) is 15.4. The summed E-state index contributed by atoms with van der Waals surface area (Å²) in [6, 6.07) is 10.7. The third-order valence-electron chi connectivity index (χ3n) is 2.92. The maximum Gasteiger partial charge on any atom is 0.340 e. The minimum Gasteiger partial charge on any atom is -0.462 e. The average Bonchev–Trinajstić information content (AvgIpc) is 2.44. The van der Waals surface area contributed by atoms with Crippen LogP contribution < -0.4 is 10.5 Å². The molecule has 4 nitrogen and oxygen atoms in total. The summed E-state index contributed by atoms with van der Waals surface area (Å²) in [7, 11) is 0. The van der Waals surface area contributed by atoms with Gasteiger partial charge in [-0.15, -0.1) is 0 Å². The predicted octanol–water partition coefficient (Wildman–Crippen LogP) is 4.31. The van der Waals surface area contributed by atoms with Crippen LogP contribution >= 0.6 is 15.9 Å². The SMILES string of the molecule is CCOC(=O)c1cccc(Oc2ccc(Br)cc2C)c1N. The number of rotatable bonds is 4. The van der Waals surface area contributed by atoms with Gasteiger partial charge in [0.25, 0.3) is 0 Å². The molecular weight excluding hydrogens is 334 g/mol. The van der Waals surface area contributed by atoms with Gasteiger partial charge in [0.15, 0.2) is 5.75 Å². The molecular formula is C16H16BrNO3. The second-order valence-electron chi connectivity index (χ2n) is 4.45. The molecule has 0 saturated heterocycles. The molecule has 0 heterocycles. The quantitative estimate of drug-likeness (QED) is 0.659. The van der Waals surface area contributed by atoms with Gasteiger partial charge >= 0.3 is 5.97 Å². The standard InChI is InChI=1S/C16H16BrNO3/c1-3-20-16(19)12-5-4-6-14(15(12)18)21-13-8-7-11(17)9-10(13)2/h4-9H,3,18H2,1-2H3. The molecule has 0 aliphatic heterocycles. The van der Waals surface area contributed by atoms with E-state index in [0.717, 1.165) is 10.0 Å². The summed E-state index contributed by atoms with van der Waals surface area (Å²) in [6.45, 7) is 3.99. The summed E-state index contributed by atoms with van der Waals surface area (Å²) < 4.78 is 11.8. The Morgan fingerprint density at radius 1 is 1.24 bits per heavy atom. The lowest BCUT2D eigenvalue weighted by Gasteiger charge is -2.13. The summed E-state index contributed by atoms with van der Waals surface area (Å²) in [5.74, 6) is 0.671. The van der Waals surface area contributed by atoms with Gasteiger partial charge in [-0.1, -0.05) is 22.0 Å². The van der Waals surface area contributed by atoms with E-state index >= 15 is 0 Å². The number of hydrogen-bond donors (Lipinski definition) is 1. The van der Waals surface area contributed by atoms with E-state index in [1.807, 2.05) is 25.1 Å². The Hall–Kier alpha value is -2.01. The molecule has 110 valence electrons. The predicted molar refractivity (Wildman–Crippen MR) is 85.8 cm³/mol. The molecule has 0 aliphatic rings. The van der Waals surface area contributed by atoms with Crippen LogP contribution in [0.2, 0.25) is 0 Å². The fourth-order valence-electron chi connectivity index (χ4n) is 1.87. The van der Waals surface area contributed by atoms with Crippen LogP contribution in [0.1, 0.15) is 22.8 Å². The van der Waals surface area contributed by atoms with Crippen LogP contribution in [0.3, 0.4) is 0 Å². The van der Waals surface area contributed by atoms with E-state index in [-0.39, 0.29) is 5.69 Å². The van der Waals surface area contributed by atoms with Crippen molar-refractivity contribution in [3.63, 3.8) is 0 Å². The maximum atomic E-state index is 11.8. The lowest BCUT2D eigenvalue weighted by atomic mass is 10.1. The molecule has 0 atom stereocenters. The second-order valence-corrected chi connectivity index (χ2v) is 5.37. The molecule has 5 heteroatoms. The number of carbonyl (C=O) groups excluding carboxylic acids is 1. The summed E-state index contributed by atoms with van der Waals surface area (Å²) in [4.78, 5) is 11.8. The van der Waals surface area contributed by atoms with Crippen LogP contribution in [-0.2, 0) is 4.74 Å². The van der Waals surface area contributed by atoms with Crippen molar-refractivity contribution in [2.24, 2.45) is 0 Å². The number of carbonyl (C=O) groups is 1. The third-order valence-corrected chi connectivity index (χ3v) is 3.41. The Morgan fingerprint density at radius 3 is 2.67 bits per heavy atom. The molecule has 0 spiro atoms. The zero-order valence-corrected chi connectivity index (χ0v) is 13.4. The van der Waals surface area contributed by atoms with Crippen molar-refractivity contribution in [2.45, 2.75) is 13.8 Å². The number of hydrogen-bond acceptors (Lipinski definition) is 4. The largest absolute Gasteiger partial charge is 0.462 e. The lowest BCUT2D eigenvalue weighted by molar-refractivity contribution is 0.0527. The molecule has 0 amide bonds. The molecule has 0 aliphatic carbocycles. The highest BCUT2D eigenvalue weighted by molar-refractivity contribution is 9.10. The van der Waals surface area contributed by atoms with Gasteiger partial charge < -0.3 is 15.2 Å². The Balaban J connectivity index is 2.32. The molecule has 2 rings (SSSR count). The van der Waals surface area contributed by atoms with Gasteiger partial charge in [-0.3, -0.25) is 0 Å². The smallest absolute Gasteiger partial charge is 0.340 e. The van der Waals surface area contributed by atoms with Crippen LogP contribution in [-0.4, -0.2) is 12.6 Å². The van der Waals surface area contributed by atoms with Crippen LogP contribution in [0.25, 0.3) is 0 Å². The Labute approximate surface area is 132 Å². The van der Waals surface area contributed by atoms with E-state index in [1.165, 1.54) is 0 Å². The van der Waals surface area contributed by atoms with Crippen molar-refractivity contribution in [1.82, 2.24) is 0 Å². The zero-order valence-electron chi connectivity index (χ0n) is 11.9. The fourth-order valence-corrected chi connectivity index (χ4v) is 2.34. The normalized spacial score (nSPS) is 10.2. The third kappa shape index (κ3) is 3.55. The highest BCUT2D eigenvalue weighted by Crippen LogP contribution is 2.33. The monoisotopic (exact) mass is 349 g/mol. The Bertz CT molecular complexity index is 671. The van der Waals surface area contributed by atoms with Gasteiger partial charge in [0, 0.05) is 4.47 Å². The summed E-state index contributed by atoms with van der Waals surface area (Å²) in [5.41, 5.74) is 7.56. The minimum atomic E-state index is -0.451. The highest BCUT2D eigenvalue weighted by Gasteiger charge is 2.15. The van der Waals surface area contributed by atoms with Crippen molar-refractivity contribution in [2.75, 3.05) is 12.3 Å². The number of esters is 1. The first-order valence-electron chi connectivity index (χ1n) is 6.52. The van der Waals surface area contributed by atoms with Gasteiger partial charge in [-0.05, 0) is 49.7 Å². The number of nitrogens with two attached hydrogens (primary N) is 1. The topological polar surface area (TPSA) is 61.5 Å². The van der Waals surface area contributed by atoms with E-state index in [4.69, 9.17) is 15.2 Å². The number of nitrogen functional groups attached to an aromatic ring is 1. The van der Waals surface area contributed by atoms with E-state index in [9.17, 15) is 4.79 Å². The number of ether oxygens (including phenoxy) is 2. The molecule has 0 aromatic heterocycles. The number of anilines is 1. The molecule has 2 aromatic carbocycles. The van der Waals surface area contributed by atoms with Crippen molar-refractivity contribution in [3.8, 4) is 11.5 Å². The van der Waals surface area contributed by atoms with E-state index in [1.54, 1.807) is 25.1 Å². The molecule has 0 radical (unpaired) electrons. The van der Waals surface area contributed by atoms with Crippen LogP contribution in [0.5, 0.6) is 11.5 Å². The van der Waals surface area contributed by atoms with Gasteiger partial charge in [0.05, 0.1) is 17.9 Å². The molecule has 21 heavy (non-hydrogen) atoms. The van der Waals surface area contributed by atoms with Crippen LogP contribution in [0, 0.1) is 6.92 Å². The number of aryl methyl sites for hydroxylation is 1. The van der Waals surface area contributed by atoms with Crippen molar-refractivity contribution >= 4 is 27.6 Å². The second kappa shape index (κ2) is 6.63. The van der Waals surface area contributed by atoms with Crippen molar-refractivity contribution in [1.29, 1.82) is 0 Å². The minimum absolute atomic E-state index is 0.276. The summed E-state index contributed by atoms with van der Waals surface area (Å²) >= 11 is 3.40. The number of benzene rings is 2.